The van der Waals surface area contributed by atoms with E-state index >= 15 is 0 Å². The van der Waals surface area contributed by atoms with E-state index in [0.29, 0.717) is 4.47 Å². The van der Waals surface area contributed by atoms with Crippen molar-refractivity contribution in [3.8, 4) is 0 Å². The summed E-state index contributed by atoms with van der Waals surface area (Å²) < 4.78 is 31.0. The fourth-order valence-corrected chi connectivity index (χ4v) is 3.68. The molecule has 1 aromatic heterocycles. The standard InChI is InChI=1S/C17H11BrN2O6S/c18-11-5-7-12(8-6-11)27(24,25)16-10-9-15(26-16)17(21)19-13-3-1-2-4-14(13)20(22)23/h1-10H,(H,19,21). The number of amides is 1. The van der Waals surface area contributed by atoms with Gasteiger partial charge in [-0.1, -0.05) is 28.1 Å². The van der Waals surface area contributed by atoms with E-state index in [9.17, 15) is 23.3 Å². The third-order valence-electron chi connectivity index (χ3n) is 3.54. The van der Waals surface area contributed by atoms with Crippen molar-refractivity contribution in [3.63, 3.8) is 0 Å². The van der Waals surface area contributed by atoms with Crippen LogP contribution in [0.2, 0.25) is 0 Å². The Labute approximate surface area is 162 Å². The number of carbonyl (C=O) groups excluding carboxylic acids is 1. The van der Waals surface area contributed by atoms with Gasteiger partial charge in [-0.2, -0.15) is 0 Å². The van der Waals surface area contributed by atoms with Gasteiger partial charge >= 0.3 is 0 Å². The summed E-state index contributed by atoms with van der Waals surface area (Å²) in [7, 11) is -3.94. The highest BCUT2D eigenvalue weighted by atomic mass is 79.9. The molecule has 10 heteroatoms. The van der Waals surface area contributed by atoms with Gasteiger partial charge in [0, 0.05) is 10.5 Å². The number of carbonyl (C=O) groups is 1. The van der Waals surface area contributed by atoms with Gasteiger partial charge in [-0.15, -0.1) is 0 Å². The number of benzene rings is 2. The normalized spacial score (nSPS) is 11.1. The summed E-state index contributed by atoms with van der Waals surface area (Å²) in [5.41, 5.74) is -0.318. The molecule has 1 amide bonds. The number of nitrogens with one attached hydrogen (secondary N) is 1. The molecule has 0 aliphatic heterocycles. The zero-order valence-electron chi connectivity index (χ0n) is 13.5. The minimum absolute atomic E-state index is 0.00528. The summed E-state index contributed by atoms with van der Waals surface area (Å²) in [6.07, 6.45) is 0. The van der Waals surface area contributed by atoms with Crippen LogP contribution in [-0.2, 0) is 9.84 Å². The van der Waals surface area contributed by atoms with Crippen LogP contribution in [0.15, 0.2) is 79.5 Å². The predicted octanol–water partition coefficient (Wildman–Crippen LogP) is 4.04. The second-order valence-electron chi connectivity index (χ2n) is 5.30. The molecule has 0 saturated carbocycles. The van der Waals surface area contributed by atoms with Crippen molar-refractivity contribution >= 4 is 43.0 Å². The van der Waals surface area contributed by atoms with Crippen LogP contribution in [0.25, 0.3) is 0 Å². The maximum atomic E-state index is 12.6. The van der Waals surface area contributed by atoms with E-state index in [4.69, 9.17) is 4.42 Å². The first-order chi connectivity index (χ1) is 12.8. The van der Waals surface area contributed by atoms with Gasteiger partial charge in [0.2, 0.25) is 14.9 Å². The molecule has 138 valence electrons. The van der Waals surface area contributed by atoms with Crippen LogP contribution in [0.4, 0.5) is 11.4 Å². The van der Waals surface area contributed by atoms with Gasteiger partial charge < -0.3 is 9.73 Å². The topological polar surface area (TPSA) is 120 Å². The number of anilines is 1. The lowest BCUT2D eigenvalue weighted by atomic mass is 10.2. The Morgan fingerprint density at radius 1 is 1.04 bits per heavy atom. The molecule has 3 rings (SSSR count). The Bertz CT molecular complexity index is 1120. The first-order valence-electron chi connectivity index (χ1n) is 7.44. The molecular weight excluding hydrogens is 440 g/mol. The van der Waals surface area contributed by atoms with Crippen LogP contribution in [0.3, 0.4) is 0 Å². The Kier molecular flexibility index (Phi) is 5.10. The number of halogens is 1. The number of sulfone groups is 1. The highest BCUT2D eigenvalue weighted by Crippen LogP contribution is 2.26. The van der Waals surface area contributed by atoms with Crippen molar-refractivity contribution in [1.82, 2.24) is 0 Å². The van der Waals surface area contributed by atoms with Crippen LogP contribution in [0.5, 0.6) is 0 Å². The number of rotatable bonds is 5. The highest BCUT2D eigenvalue weighted by molar-refractivity contribution is 9.10. The number of para-hydroxylation sites is 2. The van der Waals surface area contributed by atoms with Crippen LogP contribution in [0.1, 0.15) is 10.6 Å². The van der Waals surface area contributed by atoms with Gasteiger partial charge in [0.15, 0.2) is 5.76 Å². The summed E-state index contributed by atoms with van der Waals surface area (Å²) in [5.74, 6) is -1.09. The summed E-state index contributed by atoms with van der Waals surface area (Å²) in [6, 6.07) is 13.9. The van der Waals surface area contributed by atoms with E-state index in [0.717, 1.165) is 6.07 Å². The van der Waals surface area contributed by atoms with Crippen molar-refractivity contribution in [3.05, 3.63) is 81.0 Å². The zero-order chi connectivity index (χ0) is 19.6. The molecule has 0 aliphatic rings. The van der Waals surface area contributed by atoms with Crippen LogP contribution in [0, 0.1) is 10.1 Å². The van der Waals surface area contributed by atoms with E-state index in [2.05, 4.69) is 21.2 Å². The SMILES string of the molecule is O=C(Nc1ccccc1[N+](=O)[O-])c1ccc(S(=O)(=O)c2ccc(Br)cc2)o1. The molecule has 0 spiro atoms. The van der Waals surface area contributed by atoms with Gasteiger partial charge in [-0.3, -0.25) is 14.9 Å². The zero-order valence-corrected chi connectivity index (χ0v) is 15.9. The maximum Gasteiger partial charge on any atom is 0.292 e. The molecular formula is C17H11BrN2O6S. The lowest BCUT2D eigenvalue weighted by Gasteiger charge is -2.04. The van der Waals surface area contributed by atoms with Gasteiger partial charge in [0.05, 0.1) is 9.82 Å². The molecule has 3 aromatic rings. The average Bonchev–Trinajstić information content (AvgIpc) is 3.13. The van der Waals surface area contributed by atoms with Crippen LogP contribution >= 0.6 is 15.9 Å². The van der Waals surface area contributed by atoms with E-state index in [1.54, 1.807) is 12.1 Å². The molecule has 0 bridgehead atoms. The van der Waals surface area contributed by atoms with E-state index < -0.39 is 25.8 Å². The quantitative estimate of drug-likeness (QED) is 0.462. The second-order valence-corrected chi connectivity index (χ2v) is 8.10. The van der Waals surface area contributed by atoms with Crippen molar-refractivity contribution in [2.75, 3.05) is 5.32 Å². The molecule has 27 heavy (non-hydrogen) atoms. The minimum Gasteiger partial charge on any atom is -0.439 e. The van der Waals surface area contributed by atoms with Crippen molar-refractivity contribution in [1.29, 1.82) is 0 Å². The maximum absolute atomic E-state index is 12.6. The molecule has 0 aliphatic carbocycles. The first kappa shape index (κ1) is 18.8. The third-order valence-corrected chi connectivity index (χ3v) is 5.71. The monoisotopic (exact) mass is 450 g/mol. The van der Waals surface area contributed by atoms with E-state index in [-0.39, 0.29) is 22.0 Å². The molecule has 0 atom stereocenters. The Morgan fingerprint density at radius 2 is 1.70 bits per heavy atom. The lowest BCUT2D eigenvalue weighted by molar-refractivity contribution is -0.383. The lowest BCUT2D eigenvalue weighted by Crippen LogP contribution is -2.12. The van der Waals surface area contributed by atoms with Gasteiger partial charge in [-0.05, 0) is 42.5 Å². The summed E-state index contributed by atoms with van der Waals surface area (Å²) in [4.78, 5) is 22.7. The van der Waals surface area contributed by atoms with E-state index in [1.807, 2.05) is 0 Å². The smallest absolute Gasteiger partial charge is 0.292 e. The summed E-state index contributed by atoms with van der Waals surface area (Å²) >= 11 is 3.22. The largest absolute Gasteiger partial charge is 0.439 e. The van der Waals surface area contributed by atoms with Gasteiger partial charge in [0.25, 0.3) is 11.6 Å². The van der Waals surface area contributed by atoms with Gasteiger partial charge in [0.1, 0.15) is 5.69 Å². The third kappa shape index (κ3) is 3.91. The minimum atomic E-state index is -3.94. The second kappa shape index (κ2) is 7.33. The number of hydrogen-bond acceptors (Lipinski definition) is 6. The van der Waals surface area contributed by atoms with Crippen LogP contribution in [-0.4, -0.2) is 19.2 Å². The molecule has 0 unspecified atom stereocenters. The average molecular weight is 451 g/mol. The fraction of sp³-hybridized carbons (Fsp3) is 0. The number of nitrogens with zero attached hydrogens (tertiary/aromatic N) is 1. The predicted molar refractivity (Wildman–Crippen MR) is 99.4 cm³/mol. The van der Waals surface area contributed by atoms with Gasteiger partial charge in [-0.25, -0.2) is 8.42 Å². The number of nitro groups is 1. The summed E-state index contributed by atoms with van der Waals surface area (Å²) in [5, 5.41) is 12.9. The number of nitro benzene ring substituents is 1. The molecule has 1 N–H and O–H groups in total. The molecule has 0 fully saturated rings. The van der Waals surface area contributed by atoms with E-state index in [1.165, 1.54) is 42.5 Å². The van der Waals surface area contributed by atoms with Crippen molar-refractivity contribution in [2.24, 2.45) is 0 Å². The molecule has 0 saturated heterocycles. The molecule has 2 aromatic carbocycles. The summed E-state index contributed by atoms with van der Waals surface area (Å²) in [6.45, 7) is 0. The first-order valence-corrected chi connectivity index (χ1v) is 9.72. The van der Waals surface area contributed by atoms with Crippen LogP contribution < -0.4 is 5.32 Å². The highest BCUT2D eigenvalue weighted by Gasteiger charge is 2.24. The molecule has 0 radical (unpaired) electrons. The number of hydrogen-bond donors (Lipinski definition) is 1. The van der Waals surface area contributed by atoms with Crippen molar-refractivity contribution in [2.45, 2.75) is 9.99 Å². The Morgan fingerprint density at radius 3 is 2.37 bits per heavy atom. The Hall–Kier alpha value is -2.98. The molecule has 8 nitrogen and oxygen atoms in total. The fourth-order valence-electron chi connectivity index (χ4n) is 2.24. The van der Waals surface area contributed by atoms with Crippen molar-refractivity contribution < 1.29 is 22.6 Å². The molecule has 1 heterocycles. The Balaban J connectivity index is 1.86. The number of furan rings is 1.